The number of benzene rings is 1. The number of nitrogens with one attached hydrogen (secondary N) is 1. The highest BCUT2D eigenvalue weighted by Crippen LogP contribution is 2.36. The second-order valence-electron chi connectivity index (χ2n) is 12.1. The quantitative estimate of drug-likeness (QED) is 0.360. The van der Waals surface area contributed by atoms with Crippen LogP contribution in [0.1, 0.15) is 42.1 Å². The van der Waals surface area contributed by atoms with E-state index in [1.54, 1.807) is 24.7 Å². The van der Waals surface area contributed by atoms with Crippen LogP contribution in [0.3, 0.4) is 0 Å². The molecule has 3 aromatic rings. The van der Waals surface area contributed by atoms with Crippen LogP contribution >= 0.6 is 11.6 Å². The van der Waals surface area contributed by atoms with E-state index in [4.69, 9.17) is 21.1 Å². The van der Waals surface area contributed by atoms with Gasteiger partial charge in [0.1, 0.15) is 11.3 Å². The summed E-state index contributed by atoms with van der Waals surface area (Å²) in [4.78, 5) is 37.8. The van der Waals surface area contributed by atoms with E-state index in [9.17, 15) is 18.4 Å². The van der Waals surface area contributed by atoms with Crippen LogP contribution in [0.25, 0.3) is 11.2 Å². The number of nitrogens with zero attached hydrogens (tertiary/aromatic N) is 6. The van der Waals surface area contributed by atoms with Crippen LogP contribution in [-0.4, -0.2) is 106 Å². The Kier molecular flexibility index (Phi) is 10.3. The molecule has 0 spiro atoms. The lowest BCUT2D eigenvalue weighted by atomic mass is 9.99. The number of aromatic nitrogens is 3. The van der Waals surface area contributed by atoms with Crippen LogP contribution in [0, 0.1) is 5.92 Å². The van der Waals surface area contributed by atoms with Crippen molar-refractivity contribution < 1.29 is 27.8 Å². The summed E-state index contributed by atoms with van der Waals surface area (Å²) in [5.74, 6) is 0.0104. The Labute approximate surface area is 276 Å². The van der Waals surface area contributed by atoms with Crippen LogP contribution in [0.4, 0.5) is 8.78 Å². The van der Waals surface area contributed by atoms with Gasteiger partial charge in [0.05, 0.1) is 18.4 Å². The zero-order valence-electron chi connectivity index (χ0n) is 26.2. The number of hydrogen-bond donors (Lipinski definition) is 1. The summed E-state index contributed by atoms with van der Waals surface area (Å²) >= 11 is 6.32. The summed E-state index contributed by atoms with van der Waals surface area (Å²) < 4.78 is 38.7. The molecule has 3 aliphatic heterocycles. The molecular weight excluding hydrogens is 632 g/mol. The third kappa shape index (κ3) is 7.91. The van der Waals surface area contributed by atoms with Crippen LogP contribution < -0.4 is 10.1 Å². The van der Waals surface area contributed by atoms with E-state index >= 15 is 0 Å². The van der Waals surface area contributed by atoms with Gasteiger partial charge < -0.3 is 24.6 Å². The lowest BCUT2D eigenvalue weighted by molar-refractivity contribution is -0.134. The molecule has 14 heteroatoms. The average molecular weight is 670 g/mol. The van der Waals surface area contributed by atoms with Gasteiger partial charge in [-0.2, -0.15) is 13.9 Å². The van der Waals surface area contributed by atoms with Crippen molar-refractivity contribution in [3.05, 3.63) is 77.0 Å². The molecule has 1 N–H and O–H groups in total. The number of allylic oxidation sites excluding steroid dienone is 1. The average Bonchev–Trinajstić information content (AvgIpc) is 3.44. The maximum Gasteiger partial charge on any atom is 0.387 e. The highest BCUT2D eigenvalue weighted by Gasteiger charge is 2.29. The Morgan fingerprint density at radius 2 is 1.96 bits per heavy atom. The number of hydrogen-bond acceptors (Lipinski definition) is 8. The van der Waals surface area contributed by atoms with Crippen molar-refractivity contribution in [3.8, 4) is 5.75 Å². The topological polar surface area (TPSA) is 105 Å². The van der Waals surface area contributed by atoms with Gasteiger partial charge in [-0.3, -0.25) is 14.5 Å². The van der Waals surface area contributed by atoms with E-state index in [1.807, 2.05) is 22.8 Å². The van der Waals surface area contributed by atoms with Gasteiger partial charge in [-0.15, -0.1) is 0 Å². The molecule has 0 radical (unpaired) electrons. The molecule has 5 heterocycles. The van der Waals surface area contributed by atoms with Crippen LogP contribution in [0.2, 0.25) is 5.02 Å². The Morgan fingerprint density at radius 1 is 1.17 bits per heavy atom. The largest absolute Gasteiger partial charge is 0.434 e. The first-order valence-corrected chi connectivity index (χ1v) is 16.2. The van der Waals surface area contributed by atoms with E-state index in [2.05, 4.69) is 20.3 Å². The highest BCUT2D eigenvalue weighted by atomic mass is 35.5. The van der Waals surface area contributed by atoms with E-state index in [-0.39, 0.29) is 35.4 Å². The third-order valence-electron chi connectivity index (χ3n) is 8.93. The highest BCUT2D eigenvalue weighted by molar-refractivity contribution is 6.30. The SMILES string of the molecule is CC1CC=C(c2cc(Cl)ccc2OC(F)F)C(NC(=O)c2cnn3cccnc23)=CN1CC(=O)N1CCN(CC2CCOCC2)CC1. The second kappa shape index (κ2) is 14.8. The zero-order chi connectivity index (χ0) is 32.9. The maximum atomic E-state index is 13.7. The molecule has 2 amide bonds. The predicted molar refractivity (Wildman–Crippen MR) is 172 cm³/mol. The number of fused-ring (bicyclic) bond motifs is 1. The number of halogens is 3. The lowest BCUT2D eigenvalue weighted by Crippen LogP contribution is -2.52. The second-order valence-corrected chi connectivity index (χ2v) is 12.5. The number of carbonyl (C=O) groups is 2. The number of rotatable bonds is 9. The molecule has 2 aromatic heterocycles. The first-order valence-electron chi connectivity index (χ1n) is 15.9. The standard InChI is InChI=1S/C33H38ClF2N7O4/c1-22-3-5-25(26-17-24(34)4-6-29(26)47-33(35)36)28(39-32(45)27-18-38-43-10-2-9-37-31(27)43)20-42(22)21-30(44)41-13-11-40(12-14-41)19-23-7-15-46-16-8-23/h2,4-6,9-10,17-18,20,22-23,33H,3,7-8,11-16,19,21H2,1H3,(H,39,45). The molecule has 1 unspecified atom stereocenters. The van der Waals surface area contributed by atoms with E-state index in [0.29, 0.717) is 47.4 Å². The lowest BCUT2D eigenvalue weighted by Gasteiger charge is -2.38. The Hall–Kier alpha value is -4.07. The number of alkyl halides is 2. The number of ether oxygens (including phenoxy) is 2. The van der Waals surface area contributed by atoms with Crippen molar-refractivity contribution in [2.75, 3.05) is 52.5 Å². The van der Waals surface area contributed by atoms with Crippen LogP contribution in [0.5, 0.6) is 5.75 Å². The third-order valence-corrected chi connectivity index (χ3v) is 9.17. The molecule has 3 aliphatic rings. The number of carbonyl (C=O) groups excluding carboxylic acids is 2. The van der Waals surface area contributed by atoms with Crippen molar-refractivity contribution in [3.63, 3.8) is 0 Å². The monoisotopic (exact) mass is 669 g/mol. The van der Waals surface area contributed by atoms with Crippen LogP contribution in [-0.2, 0) is 9.53 Å². The van der Waals surface area contributed by atoms with Crippen molar-refractivity contribution in [1.29, 1.82) is 0 Å². The molecule has 1 aromatic carbocycles. The van der Waals surface area contributed by atoms with Gasteiger partial charge in [0.2, 0.25) is 5.91 Å². The van der Waals surface area contributed by atoms with Gasteiger partial charge in [-0.25, -0.2) is 9.50 Å². The molecule has 1 atom stereocenters. The van der Waals surface area contributed by atoms with E-state index in [1.165, 1.54) is 28.9 Å². The van der Waals surface area contributed by atoms with Gasteiger partial charge >= 0.3 is 6.61 Å². The first kappa shape index (κ1) is 32.9. The van der Waals surface area contributed by atoms with E-state index < -0.39 is 12.5 Å². The first-order chi connectivity index (χ1) is 22.7. The fourth-order valence-corrected chi connectivity index (χ4v) is 6.44. The fourth-order valence-electron chi connectivity index (χ4n) is 6.27. The van der Waals surface area contributed by atoms with Gasteiger partial charge in [0.25, 0.3) is 5.91 Å². The molecule has 2 saturated heterocycles. The van der Waals surface area contributed by atoms with Crippen molar-refractivity contribution in [2.45, 2.75) is 38.8 Å². The zero-order valence-corrected chi connectivity index (χ0v) is 26.9. The Balaban J connectivity index is 1.24. The molecule has 47 heavy (non-hydrogen) atoms. The Morgan fingerprint density at radius 3 is 2.72 bits per heavy atom. The molecule has 2 fully saturated rings. The van der Waals surface area contributed by atoms with Gasteiger partial charge in [0.15, 0.2) is 5.65 Å². The summed E-state index contributed by atoms with van der Waals surface area (Å²) in [6, 6.07) is 5.89. The predicted octanol–water partition coefficient (Wildman–Crippen LogP) is 4.30. The number of amides is 2. The smallest absolute Gasteiger partial charge is 0.387 e. The number of piperazine rings is 1. The van der Waals surface area contributed by atoms with E-state index in [0.717, 1.165) is 45.7 Å². The summed E-state index contributed by atoms with van der Waals surface area (Å²) in [7, 11) is 0. The van der Waals surface area contributed by atoms with Crippen LogP contribution in [0.15, 0.2) is 60.8 Å². The van der Waals surface area contributed by atoms with Crippen molar-refractivity contribution in [1.82, 2.24) is 34.6 Å². The van der Waals surface area contributed by atoms with Gasteiger partial charge in [-0.1, -0.05) is 17.7 Å². The van der Waals surface area contributed by atoms with Gasteiger partial charge in [-0.05, 0) is 56.4 Å². The summed E-state index contributed by atoms with van der Waals surface area (Å²) in [5, 5.41) is 7.46. The molecule has 11 nitrogen and oxygen atoms in total. The molecule has 6 rings (SSSR count). The summed E-state index contributed by atoms with van der Waals surface area (Å²) in [5.41, 5.74) is 1.59. The minimum absolute atomic E-state index is 0.0238. The minimum Gasteiger partial charge on any atom is -0.434 e. The molecule has 250 valence electrons. The molecular formula is C33H38ClF2N7O4. The van der Waals surface area contributed by atoms with Crippen molar-refractivity contribution in [2.24, 2.45) is 5.92 Å². The normalized spacial score (nSPS) is 19.8. The minimum atomic E-state index is -3.07. The molecule has 0 bridgehead atoms. The summed E-state index contributed by atoms with van der Waals surface area (Å²) in [6.45, 7) is 4.55. The van der Waals surface area contributed by atoms with Gasteiger partial charge in [0, 0.05) is 86.7 Å². The molecule has 0 saturated carbocycles. The Bertz CT molecular complexity index is 1650. The fraction of sp³-hybridized carbons (Fsp3) is 0.455. The molecule has 0 aliphatic carbocycles. The maximum absolute atomic E-state index is 13.7. The van der Waals surface area contributed by atoms with Crippen molar-refractivity contribution >= 4 is 34.6 Å². The summed E-state index contributed by atoms with van der Waals surface area (Å²) in [6.07, 6.45) is 10.8.